The van der Waals surface area contributed by atoms with Crippen molar-refractivity contribution in [3.8, 4) is 0 Å². The number of benzene rings is 1. The first kappa shape index (κ1) is 16.1. The molecule has 0 aliphatic rings. The van der Waals surface area contributed by atoms with Gasteiger partial charge in [0.25, 0.3) is 0 Å². The highest BCUT2D eigenvalue weighted by atomic mass is 19.4. The Morgan fingerprint density at radius 1 is 1.35 bits per heavy atom. The molecule has 0 aliphatic carbocycles. The van der Waals surface area contributed by atoms with Crippen LogP contribution in [0, 0.1) is 6.92 Å². The van der Waals surface area contributed by atoms with Crippen LogP contribution in [0.1, 0.15) is 12.5 Å². The van der Waals surface area contributed by atoms with Crippen LogP contribution in [0.25, 0.3) is 0 Å². The van der Waals surface area contributed by atoms with Crippen molar-refractivity contribution in [2.24, 2.45) is 0 Å². The number of nitrogens with one attached hydrogen (secondary N) is 2. The van der Waals surface area contributed by atoms with Gasteiger partial charge in [0.05, 0.1) is 0 Å². The summed E-state index contributed by atoms with van der Waals surface area (Å²) in [6.07, 6.45) is -5.60. The summed E-state index contributed by atoms with van der Waals surface area (Å²) < 4.78 is 39.6. The Labute approximate surface area is 115 Å². The fraction of sp³-hybridized carbons (Fsp3) is 0.462. The van der Waals surface area contributed by atoms with Crippen molar-refractivity contribution >= 4 is 11.8 Å². The Bertz CT molecular complexity index is 449. The van der Waals surface area contributed by atoms with Gasteiger partial charge in [0.15, 0.2) is 6.61 Å². The lowest BCUT2D eigenvalue weighted by molar-refractivity contribution is -0.160. The molecule has 0 aromatic heterocycles. The molecule has 20 heavy (non-hydrogen) atoms. The number of rotatable bonds is 5. The fourth-order valence-electron chi connectivity index (χ4n) is 1.48. The van der Waals surface area contributed by atoms with Gasteiger partial charge in [0.1, 0.15) is 0 Å². The minimum Gasteiger partial charge on any atom is -0.440 e. The molecule has 1 atom stereocenters. The number of anilines is 1. The highest BCUT2D eigenvalue weighted by Gasteiger charge is 2.29. The second-order valence-corrected chi connectivity index (χ2v) is 4.43. The molecule has 1 aromatic carbocycles. The largest absolute Gasteiger partial charge is 0.440 e. The first-order valence-electron chi connectivity index (χ1n) is 6.07. The lowest BCUT2D eigenvalue weighted by Gasteiger charge is -2.17. The molecule has 0 saturated carbocycles. The third-order valence-electron chi connectivity index (χ3n) is 2.47. The maximum atomic E-state index is 11.8. The van der Waals surface area contributed by atoms with Gasteiger partial charge in [-0.25, -0.2) is 4.79 Å². The minimum atomic E-state index is -4.51. The maximum Gasteiger partial charge on any atom is 0.422 e. The molecule has 112 valence electrons. The minimum absolute atomic E-state index is 0.365. The zero-order chi connectivity index (χ0) is 15.2. The van der Waals surface area contributed by atoms with Crippen LogP contribution in [0.3, 0.4) is 0 Å². The Balaban J connectivity index is 2.31. The number of para-hydroxylation sites is 1. The normalized spacial score (nSPS) is 12.7. The van der Waals surface area contributed by atoms with Crippen LogP contribution < -0.4 is 10.6 Å². The van der Waals surface area contributed by atoms with E-state index in [1.54, 1.807) is 6.92 Å². The van der Waals surface area contributed by atoms with E-state index in [0.29, 0.717) is 6.54 Å². The standard InChI is InChI=1S/C13H17F3N2O2/c1-9-5-3-4-6-11(9)17-7-10(2)18-12(19)20-8-13(14,15)16/h3-6,10,17H,7-8H2,1-2H3,(H,18,19). The van der Waals surface area contributed by atoms with Crippen molar-refractivity contribution in [1.29, 1.82) is 0 Å². The SMILES string of the molecule is Cc1ccccc1NCC(C)NC(=O)OCC(F)(F)F. The van der Waals surface area contributed by atoms with Crippen LogP contribution in [-0.2, 0) is 4.74 Å². The molecule has 0 saturated heterocycles. The quantitative estimate of drug-likeness (QED) is 0.876. The number of amides is 1. The highest BCUT2D eigenvalue weighted by Crippen LogP contribution is 2.14. The van der Waals surface area contributed by atoms with Crippen LogP contribution >= 0.6 is 0 Å². The van der Waals surface area contributed by atoms with Gasteiger partial charge in [0, 0.05) is 18.3 Å². The second kappa shape index (κ2) is 7.02. The lowest BCUT2D eigenvalue weighted by Crippen LogP contribution is -2.39. The van der Waals surface area contributed by atoms with Gasteiger partial charge in [-0.3, -0.25) is 0 Å². The van der Waals surface area contributed by atoms with Crippen LogP contribution in [0.4, 0.5) is 23.7 Å². The first-order valence-corrected chi connectivity index (χ1v) is 6.07. The van der Waals surface area contributed by atoms with Crippen molar-refractivity contribution in [2.75, 3.05) is 18.5 Å². The van der Waals surface area contributed by atoms with Gasteiger partial charge >= 0.3 is 12.3 Å². The van der Waals surface area contributed by atoms with Crippen LogP contribution in [-0.4, -0.2) is 31.5 Å². The highest BCUT2D eigenvalue weighted by molar-refractivity contribution is 5.67. The Kier molecular flexibility index (Phi) is 5.66. The molecule has 0 radical (unpaired) electrons. The number of hydrogen-bond acceptors (Lipinski definition) is 3. The van der Waals surface area contributed by atoms with E-state index in [4.69, 9.17) is 0 Å². The van der Waals surface area contributed by atoms with Gasteiger partial charge < -0.3 is 15.4 Å². The fourth-order valence-corrected chi connectivity index (χ4v) is 1.48. The average molecular weight is 290 g/mol. The van der Waals surface area contributed by atoms with E-state index in [-0.39, 0.29) is 6.04 Å². The second-order valence-electron chi connectivity index (χ2n) is 4.43. The van der Waals surface area contributed by atoms with Crippen molar-refractivity contribution < 1.29 is 22.7 Å². The Morgan fingerprint density at radius 3 is 2.60 bits per heavy atom. The molecule has 7 heteroatoms. The monoisotopic (exact) mass is 290 g/mol. The lowest BCUT2D eigenvalue weighted by atomic mass is 10.2. The predicted molar refractivity (Wildman–Crippen MR) is 69.7 cm³/mol. The van der Waals surface area contributed by atoms with E-state index in [0.717, 1.165) is 11.3 Å². The smallest absolute Gasteiger partial charge is 0.422 e. The number of halogens is 3. The number of carbonyl (C=O) groups is 1. The van der Waals surface area contributed by atoms with Gasteiger partial charge in [-0.15, -0.1) is 0 Å². The summed E-state index contributed by atoms with van der Waals surface area (Å²) >= 11 is 0. The van der Waals surface area contributed by atoms with E-state index in [9.17, 15) is 18.0 Å². The van der Waals surface area contributed by atoms with Gasteiger partial charge in [-0.2, -0.15) is 13.2 Å². The topological polar surface area (TPSA) is 50.4 Å². The number of alkyl halides is 3. The summed E-state index contributed by atoms with van der Waals surface area (Å²) in [7, 11) is 0. The summed E-state index contributed by atoms with van der Waals surface area (Å²) in [4.78, 5) is 11.1. The summed E-state index contributed by atoms with van der Waals surface area (Å²) in [5.41, 5.74) is 1.95. The Morgan fingerprint density at radius 2 is 2.00 bits per heavy atom. The van der Waals surface area contributed by atoms with E-state index >= 15 is 0 Å². The third-order valence-corrected chi connectivity index (χ3v) is 2.47. The predicted octanol–water partition coefficient (Wildman–Crippen LogP) is 3.08. The molecule has 0 fully saturated rings. The molecule has 0 bridgehead atoms. The molecule has 2 N–H and O–H groups in total. The number of hydrogen-bond donors (Lipinski definition) is 2. The van der Waals surface area contributed by atoms with E-state index in [1.807, 2.05) is 31.2 Å². The number of ether oxygens (including phenoxy) is 1. The molecule has 1 unspecified atom stereocenters. The molecule has 1 rings (SSSR count). The number of aryl methyl sites for hydroxylation is 1. The van der Waals surface area contributed by atoms with Crippen molar-refractivity contribution in [2.45, 2.75) is 26.1 Å². The summed E-state index contributed by atoms with van der Waals surface area (Å²) in [5.74, 6) is 0. The van der Waals surface area contributed by atoms with Gasteiger partial charge in [0.2, 0.25) is 0 Å². The molecular weight excluding hydrogens is 273 g/mol. The molecular formula is C13H17F3N2O2. The Hall–Kier alpha value is -1.92. The van der Waals surface area contributed by atoms with E-state index in [1.165, 1.54) is 0 Å². The van der Waals surface area contributed by atoms with E-state index in [2.05, 4.69) is 15.4 Å². The molecule has 1 aromatic rings. The zero-order valence-corrected chi connectivity index (χ0v) is 11.3. The molecule has 1 amide bonds. The molecule has 0 aliphatic heterocycles. The van der Waals surface area contributed by atoms with Crippen LogP contribution in [0.2, 0.25) is 0 Å². The molecule has 4 nitrogen and oxygen atoms in total. The van der Waals surface area contributed by atoms with Crippen molar-refractivity contribution in [1.82, 2.24) is 5.32 Å². The number of carbonyl (C=O) groups excluding carboxylic acids is 1. The van der Waals surface area contributed by atoms with E-state index < -0.39 is 18.9 Å². The zero-order valence-electron chi connectivity index (χ0n) is 11.3. The van der Waals surface area contributed by atoms with Crippen molar-refractivity contribution in [3.05, 3.63) is 29.8 Å². The first-order chi connectivity index (χ1) is 9.28. The summed E-state index contributed by atoms with van der Waals surface area (Å²) in [6, 6.07) is 7.21. The average Bonchev–Trinajstić information content (AvgIpc) is 2.35. The number of alkyl carbamates (subject to hydrolysis) is 1. The van der Waals surface area contributed by atoms with Crippen LogP contribution in [0.15, 0.2) is 24.3 Å². The summed E-state index contributed by atoms with van der Waals surface area (Å²) in [6.45, 7) is 2.39. The summed E-state index contributed by atoms with van der Waals surface area (Å²) in [5, 5.41) is 5.42. The van der Waals surface area contributed by atoms with Crippen LogP contribution in [0.5, 0.6) is 0 Å². The molecule has 0 heterocycles. The van der Waals surface area contributed by atoms with Crippen molar-refractivity contribution in [3.63, 3.8) is 0 Å². The van der Waals surface area contributed by atoms with Gasteiger partial charge in [-0.05, 0) is 25.5 Å². The molecule has 0 spiro atoms. The maximum absolute atomic E-state index is 11.8. The third kappa shape index (κ3) is 6.31. The van der Waals surface area contributed by atoms with Gasteiger partial charge in [-0.1, -0.05) is 18.2 Å².